The summed E-state index contributed by atoms with van der Waals surface area (Å²) in [6.07, 6.45) is 4.89. The first-order valence-corrected chi connectivity index (χ1v) is 7.60. The van der Waals surface area contributed by atoms with Crippen molar-refractivity contribution in [2.24, 2.45) is 17.8 Å². The third-order valence-corrected chi connectivity index (χ3v) is 5.26. The molecular weight excluding hydrogens is 281 g/mol. The molecule has 2 bridgehead atoms. The van der Waals surface area contributed by atoms with E-state index in [1.165, 1.54) is 19.3 Å². The van der Waals surface area contributed by atoms with Gasteiger partial charge in [0.15, 0.2) is 0 Å². The second-order valence-electron chi connectivity index (χ2n) is 5.75. The highest BCUT2D eigenvalue weighted by Gasteiger charge is 2.42. The van der Waals surface area contributed by atoms with Gasteiger partial charge in [-0.2, -0.15) is 0 Å². The Morgan fingerprint density at radius 3 is 2.68 bits per heavy atom. The summed E-state index contributed by atoms with van der Waals surface area (Å²) in [5, 5.41) is 4.11. The average molecular weight is 298 g/mol. The number of hydrogen-bond donors (Lipinski definition) is 1. The zero-order valence-electron chi connectivity index (χ0n) is 10.7. The van der Waals surface area contributed by atoms with Gasteiger partial charge in [-0.1, -0.05) is 35.7 Å². The van der Waals surface area contributed by atoms with Gasteiger partial charge in [0.05, 0.1) is 10.0 Å². The van der Waals surface area contributed by atoms with Crippen molar-refractivity contribution in [1.82, 2.24) is 5.32 Å². The number of nitrogens with one attached hydrogen (secondary N) is 1. The molecule has 2 nitrogen and oxygen atoms in total. The summed E-state index contributed by atoms with van der Waals surface area (Å²) >= 11 is 11.8. The molecule has 1 aromatic rings. The van der Waals surface area contributed by atoms with Crippen LogP contribution in [-0.4, -0.2) is 5.91 Å². The molecule has 2 aliphatic rings. The van der Waals surface area contributed by atoms with Crippen LogP contribution >= 0.6 is 23.2 Å². The van der Waals surface area contributed by atoms with Crippen molar-refractivity contribution >= 4 is 29.1 Å². The molecule has 0 aromatic heterocycles. The van der Waals surface area contributed by atoms with Crippen LogP contribution in [0.1, 0.15) is 31.2 Å². The molecule has 102 valence electrons. The third-order valence-electron chi connectivity index (χ3n) is 4.53. The van der Waals surface area contributed by atoms with Crippen molar-refractivity contribution in [2.75, 3.05) is 0 Å². The summed E-state index contributed by atoms with van der Waals surface area (Å²) in [4.78, 5) is 12.2. The number of benzene rings is 1. The molecule has 2 aliphatic carbocycles. The molecule has 1 N–H and O–H groups in total. The molecule has 1 aromatic carbocycles. The SMILES string of the molecule is O=C(NCc1ccc(Cl)c(Cl)c1)C1CC2CCC1C2. The number of amides is 1. The smallest absolute Gasteiger partial charge is 0.223 e. The van der Waals surface area contributed by atoms with E-state index in [0.717, 1.165) is 17.9 Å². The highest BCUT2D eigenvalue weighted by molar-refractivity contribution is 6.42. The fourth-order valence-electron chi connectivity index (χ4n) is 3.54. The van der Waals surface area contributed by atoms with Crippen molar-refractivity contribution in [1.29, 1.82) is 0 Å². The highest BCUT2D eigenvalue weighted by atomic mass is 35.5. The largest absolute Gasteiger partial charge is 0.352 e. The van der Waals surface area contributed by atoms with Gasteiger partial charge in [0.1, 0.15) is 0 Å². The summed E-state index contributed by atoms with van der Waals surface area (Å²) in [6, 6.07) is 5.48. The van der Waals surface area contributed by atoms with Crippen molar-refractivity contribution in [2.45, 2.75) is 32.2 Å². The Morgan fingerprint density at radius 1 is 1.21 bits per heavy atom. The van der Waals surface area contributed by atoms with E-state index in [2.05, 4.69) is 5.32 Å². The molecule has 19 heavy (non-hydrogen) atoms. The van der Waals surface area contributed by atoms with Crippen molar-refractivity contribution in [3.05, 3.63) is 33.8 Å². The highest BCUT2D eigenvalue weighted by Crippen LogP contribution is 2.48. The Labute approximate surface area is 123 Å². The maximum atomic E-state index is 12.2. The van der Waals surface area contributed by atoms with Crippen molar-refractivity contribution < 1.29 is 4.79 Å². The lowest BCUT2D eigenvalue weighted by molar-refractivity contribution is -0.126. The number of halogens is 2. The van der Waals surface area contributed by atoms with Gasteiger partial charge in [-0.25, -0.2) is 0 Å². The molecule has 1 amide bonds. The second-order valence-corrected chi connectivity index (χ2v) is 6.56. The summed E-state index contributed by atoms with van der Waals surface area (Å²) in [5.41, 5.74) is 0.992. The number of hydrogen-bond acceptors (Lipinski definition) is 1. The Kier molecular flexibility index (Phi) is 3.72. The molecule has 4 heteroatoms. The topological polar surface area (TPSA) is 29.1 Å². The van der Waals surface area contributed by atoms with E-state index in [1.54, 1.807) is 6.07 Å². The summed E-state index contributed by atoms with van der Waals surface area (Å²) in [5.74, 6) is 1.87. The van der Waals surface area contributed by atoms with E-state index in [9.17, 15) is 4.79 Å². The first-order valence-electron chi connectivity index (χ1n) is 6.85. The van der Waals surface area contributed by atoms with Gasteiger partial charge in [0.2, 0.25) is 5.91 Å². The van der Waals surface area contributed by atoms with Crippen LogP contribution in [-0.2, 0) is 11.3 Å². The minimum atomic E-state index is 0.207. The van der Waals surface area contributed by atoms with Gasteiger partial charge in [0, 0.05) is 12.5 Å². The minimum Gasteiger partial charge on any atom is -0.352 e. The van der Waals surface area contributed by atoms with Crippen LogP contribution < -0.4 is 5.32 Å². The van der Waals surface area contributed by atoms with E-state index in [0.29, 0.717) is 22.5 Å². The summed E-state index contributed by atoms with van der Waals surface area (Å²) in [6.45, 7) is 0.531. The average Bonchev–Trinajstić information content (AvgIpc) is 3.02. The number of rotatable bonds is 3. The lowest BCUT2D eigenvalue weighted by atomic mass is 9.88. The molecule has 3 rings (SSSR count). The van der Waals surface area contributed by atoms with Gasteiger partial charge in [-0.3, -0.25) is 4.79 Å². The molecule has 0 heterocycles. The van der Waals surface area contributed by atoms with E-state index in [4.69, 9.17) is 23.2 Å². The maximum absolute atomic E-state index is 12.2. The molecule has 0 spiro atoms. The first-order chi connectivity index (χ1) is 9.13. The number of carbonyl (C=O) groups is 1. The maximum Gasteiger partial charge on any atom is 0.223 e. The first kappa shape index (κ1) is 13.3. The number of carbonyl (C=O) groups excluding carboxylic acids is 1. The molecule has 3 atom stereocenters. The molecule has 0 aliphatic heterocycles. The monoisotopic (exact) mass is 297 g/mol. The van der Waals surface area contributed by atoms with Crippen LogP contribution in [0.15, 0.2) is 18.2 Å². The fourth-order valence-corrected chi connectivity index (χ4v) is 3.86. The van der Waals surface area contributed by atoms with E-state index in [-0.39, 0.29) is 11.8 Å². The van der Waals surface area contributed by atoms with Crippen LogP contribution in [0.25, 0.3) is 0 Å². The van der Waals surface area contributed by atoms with Gasteiger partial charge in [0.25, 0.3) is 0 Å². The molecule has 2 fully saturated rings. The Hall–Kier alpha value is -0.730. The normalized spacial score (nSPS) is 28.6. The Balaban J connectivity index is 1.57. The second kappa shape index (κ2) is 5.34. The van der Waals surface area contributed by atoms with Crippen molar-refractivity contribution in [3.8, 4) is 0 Å². The van der Waals surface area contributed by atoms with Crippen LogP contribution in [0.4, 0.5) is 0 Å². The van der Waals surface area contributed by atoms with E-state index >= 15 is 0 Å². The predicted molar refractivity (Wildman–Crippen MR) is 77.2 cm³/mol. The van der Waals surface area contributed by atoms with Crippen LogP contribution in [0.3, 0.4) is 0 Å². The molecule has 2 saturated carbocycles. The molecule has 3 unspecified atom stereocenters. The summed E-state index contributed by atoms with van der Waals surface area (Å²) < 4.78 is 0. The Bertz CT molecular complexity index is 503. The third kappa shape index (κ3) is 2.75. The van der Waals surface area contributed by atoms with Gasteiger partial charge in [-0.15, -0.1) is 0 Å². The van der Waals surface area contributed by atoms with Crippen LogP contribution in [0, 0.1) is 17.8 Å². The Morgan fingerprint density at radius 2 is 2.05 bits per heavy atom. The van der Waals surface area contributed by atoms with Crippen LogP contribution in [0.2, 0.25) is 10.0 Å². The standard InChI is InChI=1S/C15H17Cl2NO/c16-13-4-2-10(7-14(13)17)8-18-15(19)12-6-9-1-3-11(12)5-9/h2,4,7,9,11-12H,1,3,5-6,8H2,(H,18,19). The lowest BCUT2D eigenvalue weighted by Gasteiger charge is -2.20. The zero-order valence-corrected chi connectivity index (χ0v) is 12.2. The quantitative estimate of drug-likeness (QED) is 0.896. The fraction of sp³-hybridized carbons (Fsp3) is 0.533. The molecule has 0 saturated heterocycles. The number of fused-ring (bicyclic) bond motifs is 2. The zero-order chi connectivity index (χ0) is 13.4. The van der Waals surface area contributed by atoms with Crippen molar-refractivity contribution in [3.63, 3.8) is 0 Å². The lowest BCUT2D eigenvalue weighted by Crippen LogP contribution is -2.33. The van der Waals surface area contributed by atoms with Gasteiger partial charge in [-0.05, 0) is 48.8 Å². The van der Waals surface area contributed by atoms with Crippen LogP contribution in [0.5, 0.6) is 0 Å². The molecule has 0 radical (unpaired) electrons. The van der Waals surface area contributed by atoms with E-state index < -0.39 is 0 Å². The van der Waals surface area contributed by atoms with Gasteiger partial charge < -0.3 is 5.32 Å². The van der Waals surface area contributed by atoms with E-state index in [1.807, 2.05) is 12.1 Å². The predicted octanol–water partition coefficient (Wildman–Crippen LogP) is 4.05. The summed E-state index contributed by atoms with van der Waals surface area (Å²) in [7, 11) is 0. The molecular formula is C15H17Cl2NO. The minimum absolute atomic E-state index is 0.207. The van der Waals surface area contributed by atoms with Gasteiger partial charge >= 0.3 is 0 Å².